The maximum absolute atomic E-state index is 4.27. The van der Waals surface area contributed by atoms with Crippen molar-refractivity contribution >= 4 is 0 Å². The van der Waals surface area contributed by atoms with Crippen LogP contribution in [-0.2, 0) is 0 Å². The fourth-order valence-corrected chi connectivity index (χ4v) is 2.02. The van der Waals surface area contributed by atoms with E-state index >= 15 is 0 Å². The van der Waals surface area contributed by atoms with E-state index in [1.165, 1.54) is 25.7 Å². The lowest BCUT2D eigenvalue weighted by Crippen LogP contribution is -2.43. The van der Waals surface area contributed by atoms with Crippen LogP contribution < -0.4 is 0 Å². The molecule has 88 valence electrons. The Bertz CT molecular complexity index is 213. The Morgan fingerprint density at radius 3 is 2.67 bits per heavy atom. The van der Waals surface area contributed by atoms with Crippen LogP contribution in [0.1, 0.15) is 53.4 Å². The Morgan fingerprint density at radius 1 is 1.33 bits per heavy atom. The number of unbranched alkanes of at least 4 members (excludes halogenated alkanes) is 2. The Balaban J connectivity index is 2.43. The second-order valence-electron chi connectivity index (χ2n) is 5.32. The normalized spacial score (nSPS) is 25.5. The molecule has 0 radical (unpaired) electrons. The van der Waals surface area contributed by atoms with Crippen molar-refractivity contribution in [3.8, 4) is 0 Å². The van der Waals surface area contributed by atoms with Crippen LogP contribution in [-0.4, -0.2) is 23.6 Å². The maximum atomic E-state index is 4.27. The minimum atomic E-state index is 0.194. The minimum absolute atomic E-state index is 0.194. The number of hydrogen-bond donors (Lipinski definition) is 0. The molecule has 0 saturated carbocycles. The number of hydrogen-bond acceptors (Lipinski definition) is 3. The van der Waals surface area contributed by atoms with Crippen molar-refractivity contribution in [3.63, 3.8) is 0 Å². The first-order valence-electron chi connectivity index (χ1n) is 6.23. The summed E-state index contributed by atoms with van der Waals surface area (Å²) in [5.74, 6) is 0.660. The monoisotopic (exact) mass is 211 g/mol. The van der Waals surface area contributed by atoms with E-state index in [0.717, 1.165) is 13.1 Å². The maximum Gasteiger partial charge on any atom is 0.0866 e. The van der Waals surface area contributed by atoms with E-state index in [1.807, 2.05) is 0 Å². The molecule has 3 nitrogen and oxygen atoms in total. The Morgan fingerprint density at radius 2 is 2.07 bits per heavy atom. The number of rotatable bonds is 6. The molecule has 0 aromatic carbocycles. The van der Waals surface area contributed by atoms with Gasteiger partial charge in [-0.05, 0) is 19.3 Å². The van der Waals surface area contributed by atoms with Gasteiger partial charge in [0.25, 0.3) is 0 Å². The lowest BCUT2D eigenvalue weighted by atomic mass is 9.93. The molecular formula is C12H25N3. The van der Waals surface area contributed by atoms with Crippen LogP contribution in [0, 0.1) is 5.92 Å². The summed E-state index contributed by atoms with van der Waals surface area (Å²) in [6.45, 7) is 10.9. The molecule has 15 heavy (non-hydrogen) atoms. The van der Waals surface area contributed by atoms with Gasteiger partial charge in [-0.3, -0.25) is 5.01 Å². The lowest BCUT2D eigenvalue weighted by molar-refractivity contribution is 0.116. The van der Waals surface area contributed by atoms with Crippen LogP contribution in [0.15, 0.2) is 10.3 Å². The molecule has 0 amide bonds. The molecule has 3 heteroatoms. The molecule has 1 heterocycles. The van der Waals surface area contributed by atoms with E-state index in [4.69, 9.17) is 0 Å². The standard InChI is InChI=1S/C12H25N3/c1-5-6-7-8-12(4)10-13-14-15(12)9-11(2)3/h11H,5-10H2,1-4H3. The average Bonchev–Trinajstić information content (AvgIpc) is 2.48. The van der Waals surface area contributed by atoms with Crippen molar-refractivity contribution in [2.24, 2.45) is 16.3 Å². The summed E-state index contributed by atoms with van der Waals surface area (Å²) >= 11 is 0. The van der Waals surface area contributed by atoms with Gasteiger partial charge in [0, 0.05) is 6.54 Å². The Kier molecular flexibility index (Phi) is 4.55. The highest BCUT2D eigenvalue weighted by Crippen LogP contribution is 2.29. The molecule has 0 N–H and O–H groups in total. The van der Waals surface area contributed by atoms with Gasteiger partial charge in [-0.15, -0.1) is 0 Å². The molecule has 0 aliphatic carbocycles. The van der Waals surface area contributed by atoms with E-state index < -0.39 is 0 Å². The largest absolute Gasteiger partial charge is 0.271 e. The SMILES string of the molecule is CCCCCC1(C)CN=NN1CC(C)C. The lowest BCUT2D eigenvalue weighted by Gasteiger charge is -2.33. The third-order valence-electron chi connectivity index (χ3n) is 3.06. The highest BCUT2D eigenvalue weighted by atomic mass is 15.6. The van der Waals surface area contributed by atoms with Gasteiger partial charge in [0.1, 0.15) is 0 Å². The van der Waals surface area contributed by atoms with Gasteiger partial charge in [-0.2, -0.15) is 5.11 Å². The van der Waals surface area contributed by atoms with Crippen LogP contribution in [0.4, 0.5) is 0 Å². The van der Waals surface area contributed by atoms with Gasteiger partial charge in [0.05, 0.1) is 12.1 Å². The van der Waals surface area contributed by atoms with Gasteiger partial charge in [-0.25, -0.2) is 0 Å². The van der Waals surface area contributed by atoms with Crippen molar-refractivity contribution in [2.75, 3.05) is 13.1 Å². The first-order chi connectivity index (χ1) is 7.08. The van der Waals surface area contributed by atoms with Crippen LogP contribution in [0.5, 0.6) is 0 Å². The van der Waals surface area contributed by atoms with Gasteiger partial charge < -0.3 is 0 Å². The van der Waals surface area contributed by atoms with E-state index in [9.17, 15) is 0 Å². The summed E-state index contributed by atoms with van der Waals surface area (Å²) in [5, 5.41) is 10.7. The van der Waals surface area contributed by atoms with E-state index in [-0.39, 0.29) is 5.54 Å². The molecule has 0 fully saturated rings. The van der Waals surface area contributed by atoms with Crippen LogP contribution >= 0.6 is 0 Å². The van der Waals surface area contributed by atoms with Gasteiger partial charge in [0.2, 0.25) is 0 Å². The Labute approximate surface area is 93.9 Å². The Hall–Kier alpha value is -0.600. The summed E-state index contributed by atoms with van der Waals surface area (Å²) in [6, 6.07) is 0. The van der Waals surface area contributed by atoms with Gasteiger partial charge in [-0.1, -0.05) is 45.3 Å². The quantitative estimate of drug-likeness (QED) is 0.616. The molecule has 0 spiro atoms. The highest BCUT2D eigenvalue weighted by Gasteiger charge is 2.35. The van der Waals surface area contributed by atoms with Crippen LogP contribution in [0.25, 0.3) is 0 Å². The average molecular weight is 211 g/mol. The first kappa shape index (κ1) is 12.5. The van der Waals surface area contributed by atoms with Crippen molar-refractivity contribution in [2.45, 2.75) is 58.9 Å². The second-order valence-corrected chi connectivity index (χ2v) is 5.32. The summed E-state index contributed by atoms with van der Waals surface area (Å²) in [5.41, 5.74) is 0.194. The number of nitrogens with zero attached hydrogens (tertiary/aromatic N) is 3. The predicted molar refractivity (Wildman–Crippen MR) is 63.8 cm³/mol. The fourth-order valence-electron chi connectivity index (χ4n) is 2.02. The molecule has 0 aromatic heterocycles. The second kappa shape index (κ2) is 5.47. The van der Waals surface area contributed by atoms with Crippen LogP contribution in [0.2, 0.25) is 0 Å². The topological polar surface area (TPSA) is 28.0 Å². The molecule has 1 unspecified atom stereocenters. The fraction of sp³-hybridized carbons (Fsp3) is 1.00. The summed E-state index contributed by atoms with van der Waals surface area (Å²) < 4.78 is 0. The first-order valence-corrected chi connectivity index (χ1v) is 6.23. The summed E-state index contributed by atoms with van der Waals surface area (Å²) in [6.07, 6.45) is 5.13. The van der Waals surface area contributed by atoms with Crippen molar-refractivity contribution in [3.05, 3.63) is 0 Å². The van der Waals surface area contributed by atoms with Crippen molar-refractivity contribution in [1.29, 1.82) is 0 Å². The van der Waals surface area contributed by atoms with Crippen molar-refractivity contribution in [1.82, 2.24) is 5.01 Å². The molecular weight excluding hydrogens is 186 g/mol. The molecule has 1 aliphatic rings. The highest BCUT2D eigenvalue weighted by molar-refractivity contribution is 4.89. The van der Waals surface area contributed by atoms with E-state index in [2.05, 4.69) is 43.0 Å². The summed E-state index contributed by atoms with van der Waals surface area (Å²) in [4.78, 5) is 0. The van der Waals surface area contributed by atoms with Gasteiger partial charge >= 0.3 is 0 Å². The van der Waals surface area contributed by atoms with Crippen molar-refractivity contribution < 1.29 is 0 Å². The molecule has 1 rings (SSSR count). The zero-order chi connectivity index (χ0) is 11.3. The zero-order valence-corrected chi connectivity index (χ0v) is 10.7. The van der Waals surface area contributed by atoms with E-state index in [1.54, 1.807) is 0 Å². The molecule has 0 saturated heterocycles. The molecule has 0 aromatic rings. The molecule has 1 aliphatic heterocycles. The third kappa shape index (κ3) is 3.47. The van der Waals surface area contributed by atoms with E-state index in [0.29, 0.717) is 5.92 Å². The third-order valence-corrected chi connectivity index (χ3v) is 3.06. The smallest absolute Gasteiger partial charge is 0.0866 e. The predicted octanol–water partition coefficient (Wildman–Crippen LogP) is 3.66. The minimum Gasteiger partial charge on any atom is -0.271 e. The van der Waals surface area contributed by atoms with Crippen LogP contribution in [0.3, 0.4) is 0 Å². The van der Waals surface area contributed by atoms with Gasteiger partial charge in [0.15, 0.2) is 0 Å². The molecule has 0 bridgehead atoms. The molecule has 1 atom stereocenters. The zero-order valence-electron chi connectivity index (χ0n) is 10.7. The summed E-state index contributed by atoms with van der Waals surface area (Å²) in [7, 11) is 0.